The molecule has 92 valence electrons. The Kier molecular flexibility index (Phi) is 4.82. The number of rotatable bonds is 6. The average Bonchev–Trinajstić information content (AvgIpc) is 2.29. The van der Waals surface area contributed by atoms with Crippen LogP contribution in [0.2, 0.25) is 0 Å². The summed E-state index contributed by atoms with van der Waals surface area (Å²) in [6.07, 6.45) is 2.17. The summed E-state index contributed by atoms with van der Waals surface area (Å²) in [7, 11) is 0. The minimum absolute atomic E-state index is 0.0897. The lowest BCUT2D eigenvalue weighted by atomic mass is 10.0. The highest BCUT2D eigenvalue weighted by Gasteiger charge is 2.07. The van der Waals surface area contributed by atoms with E-state index in [0.29, 0.717) is 6.42 Å². The molecule has 0 aliphatic rings. The van der Waals surface area contributed by atoms with Crippen LogP contribution in [0.5, 0.6) is 0 Å². The van der Waals surface area contributed by atoms with E-state index in [2.05, 4.69) is 0 Å². The van der Waals surface area contributed by atoms with Crippen molar-refractivity contribution in [3.8, 4) is 0 Å². The third kappa shape index (κ3) is 4.34. The number of benzene rings is 1. The van der Waals surface area contributed by atoms with Crippen LogP contribution < -0.4 is 0 Å². The molecule has 0 aliphatic heterocycles. The lowest BCUT2D eigenvalue weighted by molar-refractivity contribution is -0.384. The van der Waals surface area contributed by atoms with Gasteiger partial charge < -0.3 is 0 Å². The molecule has 0 aromatic heterocycles. The fraction of sp³-hybridized carbons (Fsp3) is 0.462. The Hall–Kier alpha value is -1.71. The fourth-order valence-corrected chi connectivity index (χ4v) is 1.54. The Morgan fingerprint density at radius 2 is 1.88 bits per heavy atom. The Bertz CT molecular complexity index is 396. The van der Waals surface area contributed by atoms with Gasteiger partial charge in [-0.1, -0.05) is 26.0 Å². The largest absolute Gasteiger partial charge is 0.299 e. The lowest BCUT2D eigenvalue weighted by Gasteiger charge is -2.04. The molecule has 0 saturated carbocycles. The van der Waals surface area contributed by atoms with Crippen molar-refractivity contribution < 1.29 is 9.72 Å². The third-order valence-electron chi connectivity index (χ3n) is 2.68. The van der Waals surface area contributed by atoms with Crippen molar-refractivity contribution in [1.82, 2.24) is 0 Å². The number of nitro benzene ring substituents is 1. The highest BCUT2D eigenvalue weighted by molar-refractivity contribution is 5.80. The number of carbonyl (C=O) groups is 1. The number of hydrogen-bond acceptors (Lipinski definition) is 3. The molecule has 0 amide bonds. The van der Waals surface area contributed by atoms with Crippen LogP contribution in [0, 0.1) is 16.0 Å². The van der Waals surface area contributed by atoms with E-state index < -0.39 is 4.92 Å². The van der Waals surface area contributed by atoms with Gasteiger partial charge in [-0.2, -0.15) is 0 Å². The van der Waals surface area contributed by atoms with E-state index in [-0.39, 0.29) is 17.4 Å². The molecular weight excluding hydrogens is 218 g/mol. The molecule has 0 spiro atoms. The molecule has 17 heavy (non-hydrogen) atoms. The molecule has 0 fully saturated rings. The van der Waals surface area contributed by atoms with Crippen LogP contribution in [-0.2, 0) is 11.2 Å². The maximum Gasteiger partial charge on any atom is 0.269 e. The van der Waals surface area contributed by atoms with Gasteiger partial charge in [-0.15, -0.1) is 0 Å². The first-order valence-corrected chi connectivity index (χ1v) is 5.76. The van der Waals surface area contributed by atoms with Gasteiger partial charge in [0.25, 0.3) is 5.69 Å². The van der Waals surface area contributed by atoms with Gasteiger partial charge in [0.2, 0.25) is 0 Å². The van der Waals surface area contributed by atoms with Gasteiger partial charge >= 0.3 is 0 Å². The van der Waals surface area contributed by atoms with Crippen molar-refractivity contribution in [2.45, 2.75) is 33.1 Å². The lowest BCUT2D eigenvalue weighted by Crippen LogP contribution is -2.06. The molecule has 0 unspecified atom stereocenters. The topological polar surface area (TPSA) is 60.2 Å². The molecule has 0 N–H and O–H groups in total. The highest BCUT2D eigenvalue weighted by Crippen LogP contribution is 2.14. The number of hydrogen-bond donors (Lipinski definition) is 0. The van der Waals surface area contributed by atoms with Gasteiger partial charge in [0, 0.05) is 24.5 Å². The third-order valence-corrected chi connectivity index (χ3v) is 2.68. The van der Waals surface area contributed by atoms with E-state index in [1.54, 1.807) is 12.1 Å². The summed E-state index contributed by atoms with van der Waals surface area (Å²) in [5.74, 6) is 0.360. The summed E-state index contributed by atoms with van der Waals surface area (Å²) in [6, 6.07) is 6.50. The smallest absolute Gasteiger partial charge is 0.269 e. The predicted octanol–water partition coefficient (Wildman–Crippen LogP) is 3.14. The zero-order valence-electron chi connectivity index (χ0n) is 10.2. The summed E-state index contributed by atoms with van der Waals surface area (Å²) in [4.78, 5) is 21.4. The SMILES string of the molecule is CC(C)C(=O)CCCc1ccc([N+](=O)[O-])cc1. The molecule has 1 rings (SSSR count). The Morgan fingerprint density at radius 3 is 2.35 bits per heavy atom. The van der Waals surface area contributed by atoms with Crippen molar-refractivity contribution >= 4 is 11.5 Å². The fourth-order valence-electron chi connectivity index (χ4n) is 1.54. The molecule has 0 radical (unpaired) electrons. The van der Waals surface area contributed by atoms with E-state index in [4.69, 9.17) is 0 Å². The number of Topliss-reactive ketones (excluding diaryl/α,β-unsaturated/α-hetero) is 1. The van der Waals surface area contributed by atoms with Crippen LogP contribution in [0.15, 0.2) is 24.3 Å². The average molecular weight is 235 g/mol. The zero-order chi connectivity index (χ0) is 12.8. The molecule has 1 aromatic rings. The first-order chi connectivity index (χ1) is 8.00. The second kappa shape index (κ2) is 6.13. The van der Waals surface area contributed by atoms with Crippen LogP contribution in [0.25, 0.3) is 0 Å². The van der Waals surface area contributed by atoms with Crippen molar-refractivity contribution in [3.63, 3.8) is 0 Å². The van der Waals surface area contributed by atoms with Gasteiger partial charge in [-0.05, 0) is 18.4 Å². The normalized spacial score (nSPS) is 10.5. The maximum absolute atomic E-state index is 11.4. The van der Waals surface area contributed by atoms with Crippen LogP contribution in [0.4, 0.5) is 5.69 Å². The second-order valence-corrected chi connectivity index (χ2v) is 4.40. The molecule has 0 saturated heterocycles. The first-order valence-electron chi connectivity index (χ1n) is 5.76. The summed E-state index contributed by atoms with van der Waals surface area (Å²) < 4.78 is 0. The standard InChI is InChI=1S/C13H17NO3/c1-10(2)13(15)5-3-4-11-6-8-12(9-7-11)14(16)17/h6-10H,3-5H2,1-2H3. The molecule has 1 aromatic carbocycles. The van der Waals surface area contributed by atoms with E-state index in [1.165, 1.54) is 12.1 Å². The van der Waals surface area contributed by atoms with Gasteiger partial charge in [0.15, 0.2) is 0 Å². The number of nitrogens with zero attached hydrogens (tertiary/aromatic N) is 1. The minimum atomic E-state index is -0.411. The van der Waals surface area contributed by atoms with Crippen molar-refractivity contribution in [3.05, 3.63) is 39.9 Å². The molecule has 0 aliphatic carbocycles. The Balaban J connectivity index is 2.42. The van der Waals surface area contributed by atoms with Gasteiger partial charge in [-0.3, -0.25) is 14.9 Å². The summed E-state index contributed by atoms with van der Waals surface area (Å²) in [5, 5.41) is 10.5. The predicted molar refractivity (Wildman–Crippen MR) is 65.9 cm³/mol. The highest BCUT2D eigenvalue weighted by atomic mass is 16.6. The quantitative estimate of drug-likeness (QED) is 0.562. The number of nitro groups is 1. The van der Waals surface area contributed by atoms with Crippen LogP contribution in [0.3, 0.4) is 0 Å². The second-order valence-electron chi connectivity index (χ2n) is 4.40. The maximum atomic E-state index is 11.4. The van der Waals surface area contributed by atoms with Crippen molar-refractivity contribution in [2.75, 3.05) is 0 Å². The summed E-state index contributed by atoms with van der Waals surface area (Å²) >= 11 is 0. The molecule has 4 nitrogen and oxygen atoms in total. The van der Waals surface area contributed by atoms with Crippen LogP contribution >= 0.6 is 0 Å². The minimum Gasteiger partial charge on any atom is -0.299 e. The Morgan fingerprint density at radius 1 is 1.29 bits per heavy atom. The number of carbonyl (C=O) groups excluding carboxylic acids is 1. The molecule has 4 heteroatoms. The molecule has 0 atom stereocenters. The summed E-state index contributed by atoms with van der Waals surface area (Å²) in [5.41, 5.74) is 1.14. The molecule has 0 bridgehead atoms. The van der Waals surface area contributed by atoms with Crippen molar-refractivity contribution in [2.24, 2.45) is 5.92 Å². The van der Waals surface area contributed by atoms with Gasteiger partial charge in [0.1, 0.15) is 5.78 Å². The van der Waals surface area contributed by atoms with E-state index in [0.717, 1.165) is 18.4 Å². The van der Waals surface area contributed by atoms with Crippen LogP contribution in [-0.4, -0.2) is 10.7 Å². The zero-order valence-corrected chi connectivity index (χ0v) is 10.2. The number of non-ortho nitro benzene ring substituents is 1. The van der Waals surface area contributed by atoms with E-state index >= 15 is 0 Å². The number of aryl methyl sites for hydroxylation is 1. The molecule has 0 heterocycles. The molecular formula is C13H17NO3. The first kappa shape index (κ1) is 13.4. The number of ketones is 1. The Labute approximate surface area is 101 Å². The van der Waals surface area contributed by atoms with Crippen molar-refractivity contribution in [1.29, 1.82) is 0 Å². The monoisotopic (exact) mass is 235 g/mol. The van der Waals surface area contributed by atoms with Gasteiger partial charge in [-0.25, -0.2) is 0 Å². The van der Waals surface area contributed by atoms with Crippen LogP contribution in [0.1, 0.15) is 32.3 Å². The van der Waals surface area contributed by atoms with E-state index in [1.807, 2.05) is 13.8 Å². The summed E-state index contributed by atoms with van der Waals surface area (Å²) in [6.45, 7) is 3.79. The van der Waals surface area contributed by atoms with Gasteiger partial charge in [0.05, 0.1) is 4.92 Å². The van der Waals surface area contributed by atoms with E-state index in [9.17, 15) is 14.9 Å².